The molecule has 3 fully saturated rings. The fraction of sp³-hybridized carbons (Fsp3) is 0.529. The van der Waals surface area contributed by atoms with Crippen molar-refractivity contribution in [2.75, 3.05) is 0 Å². The highest BCUT2D eigenvalue weighted by molar-refractivity contribution is 5.25. The van der Waals surface area contributed by atoms with Crippen LogP contribution in [0.5, 0.6) is 0 Å². The van der Waals surface area contributed by atoms with E-state index in [1.807, 2.05) is 0 Å². The lowest BCUT2D eigenvalue weighted by atomic mass is 9.77. The van der Waals surface area contributed by atoms with Gasteiger partial charge in [0.15, 0.2) is 0 Å². The molecular formula is C17H17F2N3O. The minimum absolute atomic E-state index is 0.0865. The number of benzene rings is 1. The van der Waals surface area contributed by atoms with Crippen LogP contribution >= 0.6 is 0 Å². The number of aryl methyl sites for hydroxylation is 1. The lowest BCUT2D eigenvalue weighted by molar-refractivity contribution is 0.128. The fourth-order valence-electron chi connectivity index (χ4n) is 4.86. The molecule has 23 heavy (non-hydrogen) atoms. The standard InChI is InChI=1S/C17H17F2N3O/c18-12-5-11(6-13(19)7-12)14-1-2-15-20-22(16(23)21(14)15)17-4-3-10(8-17)9-17/h5-7,10,14H,1-4,8-9H2/t10?,14-,17?/m0/s1. The zero-order valence-electron chi connectivity index (χ0n) is 12.6. The van der Waals surface area contributed by atoms with E-state index in [-0.39, 0.29) is 17.3 Å². The van der Waals surface area contributed by atoms with Crippen LogP contribution in [0.25, 0.3) is 0 Å². The summed E-state index contributed by atoms with van der Waals surface area (Å²) in [5, 5.41) is 4.58. The van der Waals surface area contributed by atoms with Gasteiger partial charge in [-0.05, 0) is 55.7 Å². The molecule has 6 heteroatoms. The molecule has 2 bridgehead atoms. The summed E-state index contributed by atoms with van der Waals surface area (Å²) in [7, 11) is 0. The van der Waals surface area contributed by atoms with Crippen molar-refractivity contribution >= 4 is 0 Å². The molecule has 0 N–H and O–H groups in total. The SMILES string of the molecule is O=c1n(C23CCC(C2)C3)nc2n1[C@H](c1cc(F)cc(F)c1)CC2. The molecule has 0 saturated heterocycles. The van der Waals surface area contributed by atoms with E-state index in [0.717, 1.165) is 37.1 Å². The monoisotopic (exact) mass is 317 g/mol. The Hall–Kier alpha value is -1.98. The van der Waals surface area contributed by atoms with Crippen LogP contribution in [0.1, 0.15) is 49.5 Å². The van der Waals surface area contributed by atoms with Crippen molar-refractivity contribution < 1.29 is 8.78 Å². The number of nitrogens with zero attached hydrogens (tertiary/aromatic N) is 3. The molecule has 0 unspecified atom stereocenters. The molecule has 4 nitrogen and oxygen atoms in total. The first-order valence-corrected chi connectivity index (χ1v) is 8.23. The van der Waals surface area contributed by atoms with E-state index in [0.29, 0.717) is 18.4 Å². The normalized spacial score (nSPS) is 31.2. The first kappa shape index (κ1) is 13.5. The van der Waals surface area contributed by atoms with Crippen LogP contribution in [-0.2, 0) is 12.0 Å². The maximum absolute atomic E-state index is 13.5. The summed E-state index contributed by atoms with van der Waals surface area (Å²) in [6, 6.07) is 3.18. The fourth-order valence-corrected chi connectivity index (χ4v) is 4.86. The van der Waals surface area contributed by atoms with Crippen LogP contribution in [0.4, 0.5) is 8.78 Å². The minimum Gasteiger partial charge on any atom is -0.271 e. The summed E-state index contributed by atoms with van der Waals surface area (Å²) < 4.78 is 30.4. The van der Waals surface area contributed by atoms with Crippen LogP contribution in [0.3, 0.4) is 0 Å². The number of aromatic nitrogens is 3. The number of hydrogen-bond donors (Lipinski definition) is 0. The average molecular weight is 317 g/mol. The van der Waals surface area contributed by atoms with Crippen LogP contribution in [0, 0.1) is 17.6 Å². The van der Waals surface area contributed by atoms with Gasteiger partial charge < -0.3 is 0 Å². The molecule has 3 aliphatic carbocycles. The van der Waals surface area contributed by atoms with Crippen molar-refractivity contribution in [1.29, 1.82) is 0 Å². The molecule has 1 aromatic heterocycles. The Morgan fingerprint density at radius 1 is 1.13 bits per heavy atom. The van der Waals surface area contributed by atoms with Gasteiger partial charge in [-0.2, -0.15) is 5.10 Å². The Kier molecular flexibility index (Phi) is 2.52. The van der Waals surface area contributed by atoms with Crippen molar-refractivity contribution in [3.8, 4) is 0 Å². The number of halogens is 2. The van der Waals surface area contributed by atoms with Crippen LogP contribution in [-0.4, -0.2) is 14.3 Å². The Morgan fingerprint density at radius 3 is 2.52 bits per heavy atom. The summed E-state index contributed by atoms with van der Waals surface area (Å²) >= 11 is 0. The van der Waals surface area contributed by atoms with E-state index in [4.69, 9.17) is 0 Å². The number of fused-ring (bicyclic) bond motifs is 2. The molecule has 6 rings (SSSR count). The largest absolute Gasteiger partial charge is 0.347 e. The quantitative estimate of drug-likeness (QED) is 0.854. The first-order chi connectivity index (χ1) is 11.1. The molecule has 2 heterocycles. The third kappa shape index (κ3) is 1.75. The second-order valence-corrected chi connectivity index (χ2v) is 7.28. The van der Waals surface area contributed by atoms with E-state index in [9.17, 15) is 13.6 Å². The Balaban J connectivity index is 1.60. The zero-order valence-corrected chi connectivity index (χ0v) is 12.6. The molecule has 0 amide bonds. The predicted molar refractivity (Wildman–Crippen MR) is 79.2 cm³/mol. The highest BCUT2D eigenvalue weighted by atomic mass is 19.1. The Bertz CT molecular complexity index is 837. The van der Waals surface area contributed by atoms with E-state index in [1.54, 1.807) is 9.25 Å². The van der Waals surface area contributed by atoms with Gasteiger partial charge in [0.05, 0.1) is 11.6 Å². The topological polar surface area (TPSA) is 39.8 Å². The summed E-state index contributed by atoms with van der Waals surface area (Å²) in [4.78, 5) is 12.9. The third-order valence-corrected chi connectivity index (χ3v) is 5.91. The van der Waals surface area contributed by atoms with Crippen molar-refractivity contribution in [2.45, 2.75) is 50.1 Å². The van der Waals surface area contributed by atoms with E-state index >= 15 is 0 Å². The maximum atomic E-state index is 13.5. The van der Waals surface area contributed by atoms with E-state index < -0.39 is 11.6 Å². The van der Waals surface area contributed by atoms with Gasteiger partial charge in [-0.1, -0.05) is 0 Å². The molecule has 3 saturated carbocycles. The van der Waals surface area contributed by atoms with Gasteiger partial charge in [0.25, 0.3) is 0 Å². The molecule has 1 aliphatic heterocycles. The van der Waals surface area contributed by atoms with Crippen molar-refractivity contribution in [1.82, 2.24) is 14.3 Å². The summed E-state index contributed by atoms with van der Waals surface area (Å²) in [6.45, 7) is 0. The van der Waals surface area contributed by atoms with Crippen LogP contribution < -0.4 is 5.69 Å². The van der Waals surface area contributed by atoms with Gasteiger partial charge >= 0.3 is 5.69 Å². The van der Waals surface area contributed by atoms with Crippen LogP contribution in [0.15, 0.2) is 23.0 Å². The lowest BCUT2D eigenvalue weighted by Crippen LogP contribution is -2.46. The average Bonchev–Trinajstić information content (AvgIpc) is 3.17. The highest BCUT2D eigenvalue weighted by Crippen LogP contribution is 2.56. The van der Waals surface area contributed by atoms with Gasteiger partial charge in [0, 0.05) is 12.5 Å². The smallest absolute Gasteiger partial charge is 0.271 e. The van der Waals surface area contributed by atoms with Crippen molar-refractivity contribution in [2.24, 2.45) is 5.92 Å². The van der Waals surface area contributed by atoms with Crippen molar-refractivity contribution in [3.63, 3.8) is 0 Å². The van der Waals surface area contributed by atoms with Gasteiger partial charge in [0.2, 0.25) is 0 Å². The Labute approximate surface area is 131 Å². The molecule has 2 aromatic rings. The third-order valence-electron chi connectivity index (χ3n) is 5.91. The lowest BCUT2D eigenvalue weighted by Gasteiger charge is -2.37. The molecule has 1 atom stereocenters. The molecule has 1 aromatic carbocycles. The molecule has 120 valence electrons. The van der Waals surface area contributed by atoms with E-state index in [1.165, 1.54) is 18.6 Å². The van der Waals surface area contributed by atoms with E-state index in [2.05, 4.69) is 5.10 Å². The number of rotatable bonds is 2. The molecular weight excluding hydrogens is 300 g/mol. The molecule has 0 radical (unpaired) electrons. The second-order valence-electron chi connectivity index (χ2n) is 7.28. The predicted octanol–water partition coefficient (Wildman–Crippen LogP) is 2.76. The molecule has 0 spiro atoms. The first-order valence-electron chi connectivity index (χ1n) is 8.23. The maximum Gasteiger partial charge on any atom is 0.347 e. The number of hydrogen-bond acceptors (Lipinski definition) is 2. The van der Waals surface area contributed by atoms with Crippen molar-refractivity contribution in [3.05, 3.63) is 51.7 Å². The zero-order chi connectivity index (χ0) is 15.8. The summed E-state index contributed by atoms with van der Waals surface area (Å²) in [5.41, 5.74) is 0.308. The van der Waals surface area contributed by atoms with Gasteiger partial charge in [-0.3, -0.25) is 4.57 Å². The Morgan fingerprint density at radius 2 is 1.87 bits per heavy atom. The molecule has 4 aliphatic rings. The van der Waals surface area contributed by atoms with Gasteiger partial charge in [-0.25, -0.2) is 18.3 Å². The van der Waals surface area contributed by atoms with Gasteiger partial charge in [-0.15, -0.1) is 0 Å². The summed E-state index contributed by atoms with van der Waals surface area (Å²) in [6.07, 6.45) is 5.62. The highest BCUT2D eigenvalue weighted by Gasteiger charge is 2.54. The minimum atomic E-state index is -0.606. The van der Waals surface area contributed by atoms with Gasteiger partial charge in [0.1, 0.15) is 17.5 Å². The van der Waals surface area contributed by atoms with Crippen LogP contribution in [0.2, 0.25) is 0 Å². The second kappa shape index (κ2) is 4.30. The summed E-state index contributed by atoms with van der Waals surface area (Å²) in [5.74, 6) is 0.274.